The summed E-state index contributed by atoms with van der Waals surface area (Å²) in [5, 5.41) is 9.65. The van der Waals surface area contributed by atoms with Crippen LogP contribution >= 0.6 is 0 Å². The zero-order valence-corrected chi connectivity index (χ0v) is 14.3. The number of aryl methyl sites for hydroxylation is 1. The van der Waals surface area contributed by atoms with Crippen LogP contribution in [0.2, 0.25) is 0 Å². The van der Waals surface area contributed by atoms with Gasteiger partial charge in [-0.15, -0.1) is 0 Å². The minimum Gasteiger partial charge on any atom is -0.350 e. The molecule has 2 N–H and O–H groups in total. The van der Waals surface area contributed by atoms with E-state index in [1.54, 1.807) is 23.0 Å². The SMILES string of the molecule is Cc1cccc(NC(=O)CCNC(=O)c2ccn(-c3ccccc3)n2)n1. The van der Waals surface area contributed by atoms with Crippen LogP contribution in [0, 0.1) is 6.92 Å². The van der Waals surface area contributed by atoms with Crippen molar-refractivity contribution in [1.29, 1.82) is 0 Å². The summed E-state index contributed by atoms with van der Waals surface area (Å²) in [5.41, 5.74) is 2.00. The van der Waals surface area contributed by atoms with E-state index in [-0.39, 0.29) is 24.8 Å². The highest BCUT2D eigenvalue weighted by atomic mass is 16.2. The highest BCUT2D eigenvalue weighted by Gasteiger charge is 2.11. The Morgan fingerprint density at radius 2 is 1.85 bits per heavy atom. The lowest BCUT2D eigenvalue weighted by Crippen LogP contribution is -2.28. The van der Waals surface area contributed by atoms with Gasteiger partial charge in [-0.1, -0.05) is 24.3 Å². The van der Waals surface area contributed by atoms with Crippen LogP contribution < -0.4 is 10.6 Å². The number of nitrogens with zero attached hydrogens (tertiary/aromatic N) is 3. The molecule has 0 aliphatic rings. The number of benzene rings is 1. The second-order valence-corrected chi connectivity index (χ2v) is 5.70. The number of carbonyl (C=O) groups excluding carboxylic acids is 2. The zero-order chi connectivity index (χ0) is 18.4. The number of anilines is 1. The van der Waals surface area contributed by atoms with Crippen LogP contribution in [0.15, 0.2) is 60.8 Å². The van der Waals surface area contributed by atoms with Gasteiger partial charge in [-0.05, 0) is 37.3 Å². The molecule has 1 aromatic carbocycles. The Labute approximate surface area is 151 Å². The van der Waals surface area contributed by atoms with Crippen molar-refractivity contribution in [2.45, 2.75) is 13.3 Å². The Hall–Kier alpha value is -3.48. The summed E-state index contributed by atoms with van der Waals surface area (Å²) < 4.78 is 1.63. The van der Waals surface area contributed by atoms with E-state index in [0.29, 0.717) is 11.5 Å². The summed E-state index contributed by atoms with van der Waals surface area (Å²) in [6.45, 7) is 2.07. The molecule has 0 aliphatic heterocycles. The highest BCUT2D eigenvalue weighted by Crippen LogP contribution is 2.07. The molecule has 0 fully saturated rings. The van der Waals surface area contributed by atoms with E-state index in [0.717, 1.165) is 11.4 Å². The van der Waals surface area contributed by atoms with Crippen molar-refractivity contribution >= 4 is 17.6 Å². The Bertz CT molecular complexity index is 905. The molecular formula is C19H19N5O2. The van der Waals surface area contributed by atoms with Gasteiger partial charge in [-0.2, -0.15) is 5.10 Å². The van der Waals surface area contributed by atoms with Crippen LogP contribution in [0.5, 0.6) is 0 Å². The van der Waals surface area contributed by atoms with Crippen LogP contribution in [0.25, 0.3) is 5.69 Å². The van der Waals surface area contributed by atoms with Gasteiger partial charge in [0, 0.05) is 24.9 Å². The maximum absolute atomic E-state index is 12.1. The first-order valence-electron chi connectivity index (χ1n) is 8.24. The van der Waals surface area contributed by atoms with Crippen LogP contribution in [0.1, 0.15) is 22.6 Å². The van der Waals surface area contributed by atoms with Gasteiger partial charge < -0.3 is 10.6 Å². The number of nitrogens with one attached hydrogen (secondary N) is 2. The lowest BCUT2D eigenvalue weighted by Gasteiger charge is -2.06. The average Bonchev–Trinajstić information content (AvgIpc) is 3.12. The van der Waals surface area contributed by atoms with Gasteiger partial charge in [-0.3, -0.25) is 9.59 Å². The van der Waals surface area contributed by atoms with E-state index in [2.05, 4.69) is 20.7 Å². The Morgan fingerprint density at radius 3 is 2.62 bits per heavy atom. The number of amides is 2. The summed E-state index contributed by atoms with van der Waals surface area (Å²) in [6, 6.07) is 16.6. The van der Waals surface area contributed by atoms with Crippen molar-refractivity contribution in [2.24, 2.45) is 0 Å². The summed E-state index contributed by atoms with van der Waals surface area (Å²) in [7, 11) is 0. The first-order valence-corrected chi connectivity index (χ1v) is 8.24. The summed E-state index contributed by atoms with van der Waals surface area (Å²) >= 11 is 0. The monoisotopic (exact) mass is 349 g/mol. The maximum Gasteiger partial charge on any atom is 0.271 e. The number of rotatable bonds is 6. The predicted molar refractivity (Wildman–Crippen MR) is 98.1 cm³/mol. The molecule has 0 saturated heterocycles. The molecule has 0 spiro atoms. The molecule has 0 saturated carbocycles. The lowest BCUT2D eigenvalue weighted by atomic mass is 10.3. The molecule has 26 heavy (non-hydrogen) atoms. The average molecular weight is 349 g/mol. The molecule has 7 heteroatoms. The van der Waals surface area contributed by atoms with Gasteiger partial charge in [-0.25, -0.2) is 9.67 Å². The van der Waals surface area contributed by atoms with Gasteiger partial charge in [0.15, 0.2) is 5.69 Å². The topological polar surface area (TPSA) is 88.9 Å². The number of para-hydroxylation sites is 1. The Morgan fingerprint density at radius 1 is 1.04 bits per heavy atom. The van der Waals surface area contributed by atoms with Gasteiger partial charge >= 0.3 is 0 Å². The summed E-state index contributed by atoms with van der Waals surface area (Å²) in [4.78, 5) is 28.3. The summed E-state index contributed by atoms with van der Waals surface area (Å²) in [5.74, 6) is -0.0256. The second kappa shape index (κ2) is 8.06. The molecule has 132 valence electrons. The standard InChI is InChI=1S/C19H19N5O2/c1-14-6-5-9-17(21-14)22-18(25)10-12-20-19(26)16-11-13-24(23-16)15-7-3-2-4-8-15/h2-9,11,13H,10,12H2,1H3,(H,20,26)(H,21,22,25). The van der Waals surface area contributed by atoms with Gasteiger partial charge in [0.1, 0.15) is 5.82 Å². The number of hydrogen-bond donors (Lipinski definition) is 2. The van der Waals surface area contributed by atoms with Crippen molar-refractivity contribution in [2.75, 3.05) is 11.9 Å². The Kier molecular flexibility index (Phi) is 5.38. The van der Waals surface area contributed by atoms with Crippen molar-refractivity contribution in [1.82, 2.24) is 20.1 Å². The highest BCUT2D eigenvalue weighted by molar-refractivity contribution is 5.93. The van der Waals surface area contributed by atoms with E-state index in [9.17, 15) is 9.59 Å². The predicted octanol–water partition coefficient (Wildman–Crippen LogP) is 2.33. The van der Waals surface area contributed by atoms with Crippen LogP contribution in [0.3, 0.4) is 0 Å². The summed E-state index contributed by atoms with van der Waals surface area (Å²) in [6.07, 6.45) is 1.88. The third-order valence-corrected chi connectivity index (χ3v) is 3.64. The molecule has 3 aromatic rings. The Balaban J connectivity index is 1.48. The molecular weight excluding hydrogens is 330 g/mol. The van der Waals surface area contributed by atoms with Crippen molar-refractivity contribution in [3.63, 3.8) is 0 Å². The molecule has 0 atom stereocenters. The number of pyridine rings is 1. The van der Waals surface area contributed by atoms with Crippen LogP contribution in [-0.2, 0) is 4.79 Å². The third kappa shape index (κ3) is 4.54. The largest absolute Gasteiger partial charge is 0.350 e. The molecule has 0 radical (unpaired) electrons. The van der Waals surface area contributed by atoms with Crippen molar-refractivity contribution in [3.05, 3.63) is 72.2 Å². The zero-order valence-electron chi connectivity index (χ0n) is 14.3. The molecule has 2 heterocycles. The molecule has 3 rings (SSSR count). The molecule has 2 aromatic heterocycles. The van der Waals surface area contributed by atoms with Crippen molar-refractivity contribution < 1.29 is 9.59 Å². The van der Waals surface area contributed by atoms with Crippen molar-refractivity contribution in [3.8, 4) is 5.69 Å². The fourth-order valence-electron chi connectivity index (χ4n) is 2.37. The quantitative estimate of drug-likeness (QED) is 0.715. The van der Waals surface area contributed by atoms with E-state index >= 15 is 0 Å². The van der Waals surface area contributed by atoms with E-state index in [4.69, 9.17) is 0 Å². The van der Waals surface area contributed by atoms with E-state index in [1.807, 2.05) is 49.4 Å². The smallest absolute Gasteiger partial charge is 0.271 e. The molecule has 2 amide bonds. The lowest BCUT2D eigenvalue weighted by molar-refractivity contribution is -0.116. The van der Waals surface area contributed by atoms with E-state index in [1.165, 1.54) is 0 Å². The minimum atomic E-state index is -0.318. The van der Waals surface area contributed by atoms with Crippen LogP contribution in [0.4, 0.5) is 5.82 Å². The van der Waals surface area contributed by atoms with Crippen LogP contribution in [-0.4, -0.2) is 33.1 Å². The normalized spacial score (nSPS) is 10.3. The first kappa shape index (κ1) is 17.3. The van der Waals surface area contributed by atoms with Gasteiger partial charge in [0.25, 0.3) is 5.91 Å². The first-order chi connectivity index (χ1) is 12.6. The third-order valence-electron chi connectivity index (χ3n) is 3.64. The molecule has 0 unspecified atom stereocenters. The fourth-order valence-corrected chi connectivity index (χ4v) is 2.37. The van der Waals surface area contributed by atoms with Gasteiger partial charge in [0.05, 0.1) is 5.69 Å². The molecule has 7 nitrogen and oxygen atoms in total. The maximum atomic E-state index is 12.1. The van der Waals surface area contributed by atoms with E-state index < -0.39 is 0 Å². The number of aromatic nitrogens is 3. The minimum absolute atomic E-state index is 0.154. The second-order valence-electron chi connectivity index (χ2n) is 5.70. The number of carbonyl (C=O) groups is 2. The molecule has 0 aliphatic carbocycles. The van der Waals surface area contributed by atoms with Gasteiger partial charge in [0.2, 0.25) is 5.91 Å². The fraction of sp³-hybridized carbons (Fsp3) is 0.158. The number of hydrogen-bond acceptors (Lipinski definition) is 4. The molecule has 0 bridgehead atoms.